The third-order valence-electron chi connectivity index (χ3n) is 7.98. The lowest BCUT2D eigenvalue weighted by Gasteiger charge is -2.25. The molecule has 4 aromatic rings. The zero-order valence-corrected chi connectivity index (χ0v) is 32.8. The van der Waals surface area contributed by atoms with Crippen molar-refractivity contribution in [3.8, 4) is 17.2 Å². The molecular weight excluding hydrogens is 768 g/mol. The van der Waals surface area contributed by atoms with Crippen molar-refractivity contribution < 1.29 is 71.5 Å². The third-order valence-corrected chi connectivity index (χ3v) is 7.98. The molecule has 0 bridgehead atoms. The Morgan fingerprint density at radius 3 is 1.31 bits per heavy atom. The molecule has 0 aliphatic rings. The van der Waals surface area contributed by atoms with Crippen LogP contribution in [0.3, 0.4) is 0 Å². The summed E-state index contributed by atoms with van der Waals surface area (Å²) in [6.45, 7) is 3.63. The Morgan fingerprint density at radius 1 is 0.475 bits per heavy atom. The van der Waals surface area contributed by atoms with E-state index in [1.54, 1.807) is 18.2 Å². The van der Waals surface area contributed by atoms with Crippen LogP contribution in [0.15, 0.2) is 97.1 Å². The molecule has 0 aliphatic heterocycles. The highest BCUT2D eigenvalue weighted by Crippen LogP contribution is 2.20. The Bertz CT molecular complexity index is 1890. The molecule has 15 heteroatoms. The Kier molecular flexibility index (Phi) is 16.7. The Hall–Kier alpha value is -7.00. The number of carbonyl (C=O) groups is 8. The number of carbonyl (C=O) groups excluding carboxylic acids is 8. The second kappa shape index (κ2) is 22.1. The minimum Gasteiger partial charge on any atom is -0.459 e. The van der Waals surface area contributed by atoms with Gasteiger partial charge in [-0.1, -0.05) is 36.4 Å². The van der Waals surface area contributed by atoms with E-state index in [4.69, 9.17) is 33.2 Å². The van der Waals surface area contributed by atoms with Gasteiger partial charge in [-0.3, -0.25) is 24.0 Å². The zero-order valence-electron chi connectivity index (χ0n) is 32.8. The van der Waals surface area contributed by atoms with Gasteiger partial charge in [-0.15, -0.1) is 0 Å². The molecule has 308 valence electrons. The lowest BCUT2D eigenvalue weighted by atomic mass is 10.0. The maximum Gasteiger partial charge on any atom is 0.338 e. The molecule has 0 aliphatic carbocycles. The Balaban J connectivity index is 1.57. The second-order valence-corrected chi connectivity index (χ2v) is 13.1. The SMILES string of the molecule is CC(=O)Cc1cccc(C(=O)OCC(COC(=O)c2cccc(OC(C)=O)c2)OC(CCC(=O)c2cccc(OC(C)=O)c2)COC(=O)c2cccc(OC(C)=O)c2)c1. The first-order valence-corrected chi connectivity index (χ1v) is 18.3. The molecule has 0 heterocycles. The maximum absolute atomic E-state index is 13.4. The number of rotatable bonds is 20. The molecular formula is C44H42O15. The molecule has 2 unspecified atom stereocenters. The van der Waals surface area contributed by atoms with E-state index in [2.05, 4.69) is 0 Å². The summed E-state index contributed by atoms with van der Waals surface area (Å²) in [6.07, 6.45) is -2.38. The largest absolute Gasteiger partial charge is 0.459 e. The fourth-order valence-corrected chi connectivity index (χ4v) is 5.48. The van der Waals surface area contributed by atoms with Gasteiger partial charge in [0.05, 0.1) is 22.8 Å². The van der Waals surface area contributed by atoms with E-state index < -0.39 is 67.8 Å². The third kappa shape index (κ3) is 15.5. The first-order chi connectivity index (χ1) is 28.1. The minimum atomic E-state index is -1.20. The number of hydrogen-bond acceptors (Lipinski definition) is 15. The van der Waals surface area contributed by atoms with E-state index in [0.29, 0.717) is 5.56 Å². The summed E-state index contributed by atoms with van der Waals surface area (Å²) in [4.78, 5) is 99.0. The van der Waals surface area contributed by atoms with Crippen molar-refractivity contribution in [2.75, 3.05) is 19.8 Å². The first-order valence-electron chi connectivity index (χ1n) is 18.3. The highest BCUT2D eigenvalue weighted by Gasteiger charge is 2.25. The molecule has 0 N–H and O–H groups in total. The van der Waals surface area contributed by atoms with E-state index in [-0.39, 0.29) is 70.3 Å². The molecule has 59 heavy (non-hydrogen) atoms. The Labute approximate surface area is 339 Å². The summed E-state index contributed by atoms with van der Waals surface area (Å²) < 4.78 is 38.2. The van der Waals surface area contributed by atoms with Crippen LogP contribution in [0.1, 0.15) is 87.5 Å². The maximum atomic E-state index is 13.4. The van der Waals surface area contributed by atoms with Gasteiger partial charge in [0.2, 0.25) is 0 Å². The summed E-state index contributed by atoms with van der Waals surface area (Å²) in [7, 11) is 0. The molecule has 0 saturated heterocycles. The van der Waals surface area contributed by atoms with Gasteiger partial charge in [0.15, 0.2) is 5.78 Å². The van der Waals surface area contributed by atoms with Crippen molar-refractivity contribution in [1.29, 1.82) is 0 Å². The van der Waals surface area contributed by atoms with Gasteiger partial charge >= 0.3 is 35.8 Å². The average Bonchev–Trinajstić information content (AvgIpc) is 3.18. The van der Waals surface area contributed by atoms with Crippen LogP contribution in [0.5, 0.6) is 17.2 Å². The number of hydrogen-bond donors (Lipinski definition) is 0. The predicted molar refractivity (Wildman–Crippen MR) is 207 cm³/mol. The molecule has 0 fully saturated rings. The van der Waals surface area contributed by atoms with Crippen LogP contribution in [0.4, 0.5) is 0 Å². The topological polar surface area (TPSA) is 201 Å². The van der Waals surface area contributed by atoms with Gasteiger partial charge in [0, 0.05) is 39.2 Å². The lowest BCUT2D eigenvalue weighted by Crippen LogP contribution is -2.35. The van der Waals surface area contributed by atoms with Crippen LogP contribution in [0.25, 0.3) is 0 Å². The van der Waals surface area contributed by atoms with E-state index in [1.165, 1.54) is 107 Å². The summed E-state index contributed by atoms with van der Waals surface area (Å²) in [5.41, 5.74) is 1.04. The van der Waals surface area contributed by atoms with Crippen LogP contribution in [0, 0.1) is 0 Å². The molecule has 0 saturated carbocycles. The van der Waals surface area contributed by atoms with Gasteiger partial charge in [0.1, 0.15) is 49.0 Å². The highest BCUT2D eigenvalue weighted by atomic mass is 16.6. The molecule has 0 aromatic heterocycles. The molecule has 15 nitrogen and oxygen atoms in total. The quantitative estimate of drug-likeness (QED) is 0.0443. The fraction of sp³-hybridized carbons (Fsp3) is 0.273. The zero-order chi connectivity index (χ0) is 42.9. The lowest BCUT2D eigenvalue weighted by molar-refractivity contribution is -0.132. The molecule has 4 aromatic carbocycles. The van der Waals surface area contributed by atoms with Gasteiger partial charge < -0.3 is 33.2 Å². The second-order valence-electron chi connectivity index (χ2n) is 13.1. The van der Waals surface area contributed by atoms with Crippen molar-refractivity contribution in [3.63, 3.8) is 0 Å². The number of Topliss-reactive ketones (excluding diaryl/α,β-unsaturated/α-hetero) is 2. The van der Waals surface area contributed by atoms with Gasteiger partial charge in [-0.25, -0.2) is 14.4 Å². The first kappa shape index (κ1) is 44.7. The van der Waals surface area contributed by atoms with Gasteiger partial charge in [-0.2, -0.15) is 0 Å². The summed E-state index contributed by atoms with van der Waals surface area (Å²) in [6, 6.07) is 23.7. The molecule has 0 amide bonds. The van der Waals surface area contributed by atoms with Crippen molar-refractivity contribution in [3.05, 3.63) is 125 Å². The Morgan fingerprint density at radius 2 is 0.864 bits per heavy atom. The van der Waals surface area contributed by atoms with Crippen molar-refractivity contribution in [2.24, 2.45) is 0 Å². The van der Waals surface area contributed by atoms with Crippen LogP contribution in [-0.4, -0.2) is 79.4 Å². The highest BCUT2D eigenvalue weighted by molar-refractivity contribution is 5.96. The predicted octanol–water partition coefficient (Wildman–Crippen LogP) is 5.88. The standard InChI is InChI=1S/C44H42O15/c1-27(45)19-31-9-5-11-33(20-31)42(50)54-25-40(26-55-44(52)35-13-8-16-38(23-35)58-30(4)48)59-39(17-18-41(49)32-10-6-14-36(21-32)56-28(2)46)24-53-43(51)34-12-7-15-37(22-34)57-29(3)47/h5-16,20-23,39-40H,17-19,24-26H2,1-4H3. The van der Waals surface area contributed by atoms with Crippen LogP contribution >= 0.6 is 0 Å². The summed E-state index contributed by atoms with van der Waals surface area (Å²) >= 11 is 0. The average molecular weight is 811 g/mol. The van der Waals surface area contributed by atoms with Crippen LogP contribution in [-0.2, 0) is 44.5 Å². The van der Waals surface area contributed by atoms with Crippen LogP contribution < -0.4 is 14.2 Å². The molecule has 2 atom stereocenters. The monoisotopic (exact) mass is 810 g/mol. The van der Waals surface area contributed by atoms with Gasteiger partial charge in [0.25, 0.3) is 0 Å². The molecule has 0 radical (unpaired) electrons. The number of ketones is 2. The van der Waals surface area contributed by atoms with Crippen molar-refractivity contribution in [2.45, 2.75) is 59.2 Å². The summed E-state index contributed by atoms with van der Waals surface area (Å²) in [5, 5.41) is 0. The number of ether oxygens (including phenoxy) is 7. The van der Waals surface area contributed by atoms with Gasteiger partial charge in [-0.05, 0) is 79.6 Å². The molecule has 0 spiro atoms. The normalized spacial score (nSPS) is 11.6. The molecule has 4 rings (SSSR count). The van der Waals surface area contributed by atoms with E-state index in [1.807, 2.05) is 0 Å². The van der Waals surface area contributed by atoms with Crippen LogP contribution in [0.2, 0.25) is 0 Å². The van der Waals surface area contributed by atoms with E-state index >= 15 is 0 Å². The smallest absolute Gasteiger partial charge is 0.338 e. The summed E-state index contributed by atoms with van der Waals surface area (Å²) in [5.74, 6) is -4.31. The minimum absolute atomic E-state index is 0.0322. The van der Waals surface area contributed by atoms with E-state index in [9.17, 15) is 38.4 Å². The fourth-order valence-electron chi connectivity index (χ4n) is 5.48. The van der Waals surface area contributed by atoms with E-state index in [0.717, 1.165) is 0 Å². The number of esters is 6. The van der Waals surface area contributed by atoms with Crippen molar-refractivity contribution >= 4 is 47.4 Å². The number of benzene rings is 4. The van der Waals surface area contributed by atoms with Crippen molar-refractivity contribution in [1.82, 2.24) is 0 Å².